The van der Waals surface area contributed by atoms with Crippen LogP contribution in [0.3, 0.4) is 0 Å². The van der Waals surface area contributed by atoms with Crippen LogP contribution in [0.5, 0.6) is 0 Å². The minimum Gasteiger partial charge on any atom is -0.457 e. The van der Waals surface area contributed by atoms with E-state index in [9.17, 15) is 15.0 Å². The SMILES string of the molecule is CCC1(OC(=O)COC23CC4CC(O)(CC(O)(C4)C2)C3)C2CC3CC(C2)CC1C3. The Hall–Kier alpha value is -0.650. The van der Waals surface area contributed by atoms with Gasteiger partial charge in [-0.1, -0.05) is 6.92 Å². The molecule has 29 heavy (non-hydrogen) atoms. The fraction of sp³-hybridized carbons (Fsp3) is 0.958. The van der Waals surface area contributed by atoms with Crippen LogP contribution in [0.15, 0.2) is 0 Å². The van der Waals surface area contributed by atoms with Gasteiger partial charge in [-0.05, 0) is 87.4 Å². The van der Waals surface area contributed by atoms with E-state index in [0.717, 1.165) is 37.5 Å². The maximum atomic E-state index is 13.0. The summed E-state index contributed by atoms with van der Waals surface area (Å²) < 4.78 is 12.5. The van der Waals surface area contributed by atoms with E-state index in [4.69, 9.17) is 9.47 Å². The summed E-state index contributed by atoms with van der Waals surface area (Å²) in [5.41, 5.74) is -2.51. The monoisotopic (exact) mass is 404 g/mol. The van der Waals surface area contributed by atoms with E-state index in [1.807, 2.05) is 0 Å². The lowest BCUT2D eigenvalue weighted by atomic mass is 9.49. The normalized spacial score (nSPS) is 56.7. The first-order valence-corrected chi connectivity index (χ1v) is 12.0. The molecule has 0 spiro atoms. The average molecular weight is 405 g/mol. The lowest BCUT2D eigenvalue weighted by Crippen LogP contribution is -2.66. The summed E-state index contributed by atoms with van der Waals surface area (Å²) in [5, 5.41) is 21.8. The zero-order valence-corrected chi connectivity index (χ0v) is 17.7. The summed E-state index contributed by atoms with van der Waals surface area (Å²) in [6.07, 6.45) is 11.1. The third-order valence-electron chi connectivity index (χ3n) is 9.83. The van der Waals surface area contributed by atoms with Crippen molar-refractivity contribution in [2.45, 2.75) is 106 Å². The van der Waals surface area contributed by atoms with Gasteiger partial charge in [-0.3, -0.25) is 0 Å². The van der Waals surface area contributed by atoms with Crippen LogP contribution in [0.2, 0.25) is 0 Å². The fourth-order valence-electron chi connectivity index (χ4n) is 9.66. The Morgan fingerprint density at radius 3 is 1.97 bits per heavy atom. The van der Waals surface area contributed by atoms with E-state index in [1.165, 1.54) is 32.1 Å². The van der Waals surface area contributed by atoms with Crippen molar-refractivity contribution < 1.29 is 24.5 Å². The van der Waals surface area contributed by atoms with Crippen molar-refractivity contribution in [3.05, 3.63) is 0 Å². The Kier molecular flexibility index (Phi) is 3.93. The molecule has 0 heterocycles. The van der Waals surface area contributed by atoms with E-state index in [2.05, 4.69) is 6.92 Å². The Morgan fingerprint density at radius 1 is 0.862 bits per heavy atom. The van der Waals surface area contributed by atoms with E-state index in [0.29, 0.717) is 37.0 Å². The molecule has 2 unspecified atom stereocenters. The topological polar surface area (TPSA) is 76.0 Å². The molecule has 2 atom stereocenters. The standard InChI is InChI=1S/C24H36O5/c1-2-24(18-4-15-3-16(6-18)7-19(24)5-15)29-20(25)11-28-23-10-17-8-21(26,13-23)12-22(27,9-17)14-23/h15-19,26-27H,2-14H2,1H3. The number of hydrogen-bond acceptors (Lipinski definition) is 5. The van der Waals surface area contributed by atoms with Crippen LogP contribution in [-0.2, 0) is 14.3 Å². The van der Waals surface area contributed by atoms with E-state index >= 15 is 0 Å². The minimum atomic E-state index is -0.829. The summed E-state index contributed by atoms with van der Waals surface area (Å²) in [4.78, 5) is 13.0. The number of rotatable bonds is 5. The second-order valence-electron chi connectivity index (χ2n) is 12.0. The molecule has 0 aromatic heterocycles. The molecular formula is C24H36O5. The number of carbonyl (C=O) groups excluding carboxylic acids is 1. The second-order valence-corrected chi connectivity index (χ2v) is 12.0. The fourth-order valence-corrected chi connectivity index (χ4v) is 9.66. The van der Waals surface area contributed by atoms with Crippen molar-refractivity contribution in [1.29, 1.82) is 0 Å². The highest BCUT2D eigenvalue weighted by Crippen LogP contribution is 2.62. The van der Waals surface area contributed by atoms with Crippen LogP contribution in [-0.4, -0.2) is 45.2 Å². The molecule has 8 saturated carbocycles. The lowest BCUT2D eigenvalue weighted by molar-refractivity contribution is -0.271. The van der Waals surface area contributed by atoms with Gasteiger partial charge in [0, 0.05) is 19.3 Å². The Bertz CT molecular complexity index is 670. The molecule has 8 fully saturated rings. The average Bonchev–Trinajstić information content (AvgIpc) is 2.60. The Balaban J connectivity index is 1.15. The third kappa shape index (κ3) is 2.86. The Morgan fingerprint density at radius 2 is 1.45 bits per heavy atom. The predicted molar refractivity (Wildman–Crippen MR) is 106 cm³/mol. The van der Waals surface area contributed by atoms with Gasteiger partial charge in [-0.2, -0.15) is 0 Å². The zero-order valence-electron chi connectivity index (χ0n) is 17.7. The molecular weight excluding hydrogens is 368 g/mol. The number of ether oxygens (including phenoxy) is 2. The molecule has 8 rings (SSSR count). The highest BCUT2D eigenvalue weighted by atomic mass is 16.6. The quantitative estimate of drug-likeness (QED) is 0.687. The molecule has 8 bridgehead atoms. The molecule has 8 aliphatic rings. The van der Waals surface area contributed by atoms with Gasteiger partial charge >= 0.3 is 5.97 Å². The molecule has 162 valence electrons. The summed E-state index contributed by atoms with van der Waals surface area (Å²) in [7, 11) is 0. The van der Waals surface area contributed by atoms with Gasteiger partial charge in [0.05, 0.1) is 16.8 Å². The van der Waals surface area contributed by atoms with Gasteiger partial charge in [0.15, 0.2) is 0 Å². The van der Waals surface area contributed by atoms with Crippen LogP contribution in [0, 0.1) is 29.6 Å². The first kappa shape index (κ1) is 19.1. The van der Waals surface area contributed by atoms with E-state index < -0.39 is 16.8 Å². The molecule has 0 aromatic rings. The predicted octanol–water partition coefficient (Wildman–Crippen LogP) is 3.35. The highest BCUT2D eigenvalue weighted by molar-refractivity contribution is 5.71. The van der Waals surface area contributed by atoms with Crippen molar-refractivity contribution in [3.63, 3.8) is 0 Å². The van der Waals surface area contributed by atoms with Crippen molar-refractivity contribution in [1.82, 2.24) is 0 Å². The van der Waals surface area contributed by atoms with Crippen molar-refractivity contribution >= 4 is 5.97 Å². The summed E-state index contributed by atoms with van der Waals surface area (Å²) in [6, 6.07) is 0. The van der Waals surface area contributed by atoms with Crippen molar-refractivity contribution in [2.24, 2.45) is 29.6 Å². The van der Waals surface area contributed by atoms with Crippen LogP contribution in [0.1, 0.15) is 84.0 Å². The Labute approximate surface area is 173 Å². The van der Waals surface area contributed by atoms with Crippen LogP contribution in [0.4, 0.5) is 0 Å². The van der Waals surface area contributed by atoms with Gasteiger partial charge in [-0.15, -0.1) is 0 Å². The smallest absolute Gasteiger partial charge is 0.332 e. The zero-order chi connectivity index (χ0) is 20.1. The summed E-state index contributed by atoms with van der Waals surface area (Å²) in [5.74, 6) is 2.79. The first-order valence-electron chi connectivity index (χ1n) is 12.0. The molecule has 0 aromatic carbocycles. The van der Waals surface area contributed by atoms with Crippen LogP contribution in [0.25, 0.3) is 0 Å². The number of esters is 1. The van der Waals surface area contributed by atoms with Crippen molar-refractivity contribution in [2.75, 3.05) is 6.61 Å². The number of carbonyl (C=O) groups is 1. The van der Waals surface area contributed by atoms with E-state index in [-0.39, 0.29) is 18.2 Å². The summed E-state index contributed by atoms with van der Waals surface area (Å²) in [6.45, 7) is 2.13. The lowest BCUT2D eigenvalue weighted by Gasteiger charge is -2.62. The van der Waals surface area contributed by atoms with Gasteiger partial charge in [0.1, 0.15) is 12.2 Å². The molecule has 5 nitrogen and oxygen atoms in total. The van der Waals surface area contributed by atoms with Crippen LogP contribution >= 0.6 is 0 Å². The second kappa shape index (κ2) is 5.98. The number of aliphatic hydroxyl groups is 2. The minimum absolute atomic E-state index is 0.0487. The summed E-state index contributed by atoms with van der Waals surface area (Å²) >= 11 is 0. The molecule has 0 saturated heterocycles. The molecule has 0 radical (unpaired) electrons. The third-order valence-corrected chi connectivity index (χ3v) is 9.83. The van der Waals surface area contributed by atoms with E-state index in [1.54, 1.807) is 0 Å². The first-order chi connectivity index (χ1) is 13.7. The van der Waals surface area contributed by atoms with Crippen LogP contribution < -0.4 is 0 Å². The van der Waals surface area contributed by atoms with Gasteiger partial charge in [0.25, 0.3) is 0 Å². The van der Waals surface area contributed by atoms with Gasteiger partial charge < -0.3 is 19.7 Å². The molecule has 2 N–H and O–H groups in total. The highest BCUT2D eigenvalue weighted by Gasteiger charge is 2.64. The van der Waals surface area contributed by atoms with Gasteiger partial charge in [-0.25, -0.2) is 4.79 Å². The molecule has 8 aliphatic carbocycles. The molecule has 0 amide bonds. The van der Waals surface area contributed by atoms with Gasteiger partial charge in [0.2, 0.25) is 0 Å². The maximum Gasteiger partial charge on any atom is 0.332 e. The van der Waals surface area contributed by atoms with Crippen molar-refractivity contribution in [3.8, 4) is 0 Å². The largest absolute Gasteiger partial charge is 0.457 e. The molecule has 5 heteroatoms. The molecule has 0 aliphatic heterocycles. The number of hydrogen-bond donors (Lipinski definition) is 2. The maximum absolute atomic E-state index is 13.0.